The van der Waals surface area contributed by atoms with Gasteiger partial charge >= 0.3 is 12.6 Å². The van der Waals surface area contributed by atoms with E-state index in [1.807, 2.05) is 0 Å². The fourth-order valence-electron chi connectivity index (χ4n) is 2.01. The van der Waals surface area contributed by atoms with E-state index in [1.165, 1.54) is 43.6 Å². The number of nitrogens with one attached hydrogen (secondary N) is 1. The van der Waals surface area contributed by atoms with Crippen molar-refractivity contribution >= 4 is 23.5 Å². The van der Waals surface area contributed by atoms with Crippen molar-refractivity contribution in [2.24, 2.45) is 0 Å². The van der Waals surface area contributed by atoms with Crippen molar-refractivity contribution in [1.82, 2.24) is 10.3 Å². The third kappa shape index (κ3) is 6.07. The van der Waals surface area contributed by atoms with Crippen molar-refractivity contribution in [3.63, 3.8) is 0 Å². The van der Waals surface area contributed by atoms with Gasteiger partial charge in [-0.15, -0.1) is 0 Å². The summed E-state index contributed by atoms with van der Waals surface area (Å²) in [4.78, 5) is 27.4. The fraction of sp³-hybridized carbons (Fsp3) is 0.235. The highest BCUT2D eigenvalue weighted by Gasteiger charge is 2.15. The lowest BCUT2D eigenvalue weighted by molar-refractivity contribution is -0.124. The summed E-state index contributed by atoms with van der Waals surface area (Å²) in [5.41, 5.74) is 0.620. The number of alkyl halides is 2. The van der Waals surface area contributed by atoms with Crippen LogP contribution < -0.4 is 14.8 Å². The molecule has 27 heavy (non-hydrogen) atoms. The van der Waals surface area contributed by atoms with E-state index in [0.717, 1.165) is 0 Å². The summed E-state index contributed by atoms with van der Waals surface area (Å²) in [5.74, 6) is -1.36. The number of benzene rings is 1. The Bertz CT molecular complexity index is 820. The molecule has 144 valence electrons. The van der Waals surface area contributed by atoms with E-state index in [9.17, 15) is 18.4 Å². The van der Waals surface area contributed by atoms with Gasteiger partial charge in [0.2, 0.25) is 0 Å². The van der Waals surface area contributed by atoms with E-state index in [4.69, 9.17) is 21.1 Å². The van der Waals surface area contributed by atoms with Crippen molar-refractivity contribution < 1.29 is 32.6 Å². The summed E-state index contributed by atoms with van der Waals surface area (Å²) in [6, 6.07) is 7.17. The summed E-state index contributed by atoms with van der Waals surface area (Å²) < 4.78 is 38.8. The summed E-state index contributed by atoms with van der Waals surface area (Å²) in [7, 11) is 1.30. The van der Waals surface area contributed by atoms with E-state index in [-0.39, 0.29) is 28.8 Å². The molecule has 10 heteroatoms. The molecule has 1 aromatic heterocycles. The van der Waals surface area contributed by atoms with Gasteiger partial charge in [-0.25, -0.2) is 9.78 Å². The molecule has 0 aliphatic rings. The molecule has 1 aromatic carbocycles. The molecule has 0 atom stereocenters. The number of ether oxygens (including phenoxy) is 3. The van der Waals surface area contributed by atoms with Crippen LogP contribution in [0.1, 0.15) is 15.9 Å². The number of nitrogens with zero attached hydrogens (tertiary/aromatic N) is 1. The minimum Gasteiger partial charge on any atom is -0.493 e. The predicted octanol–water partition coefficient (Wildman–Crippen LogP) is 2.82. The Labute approximate surface area is 158 Å². The summed E-state index contributed by atoms with van der Waals surface area (Å²) in [6.07, 6.45) is 1.41. The van der Waals surface area contributed by atoms with Crippen LogP contribution in [0.25, 0.3) is 0 Å². The second kappa shape index (κ2) is 9.67. The number of carbonyl (C=O) groups excluding carboxylic acids is 2. The van der Waals surface area contributed by atoms with Gasteiger partial charge in [0.05, 0.1) is 12.7 Å². The van der Waals surface area contributed by atoms with Crippen molar-refractivity contribution in [2.45, 2.75) is 13.2 Å². The van der Waals surface area contributed by atoms with Crippen LogP contribution in [0.3, 0.4) is 0 Å². The normalized spacial score (nSPS) is 10.4. The first kappa shape index (κ1) is 20.4. The van der Waals surface area contributed by atoms with Crippen molar-refractivity contribution in [3.8, 4) is 11.5 Å². The van der Waals surface area contributed by atoms with E-state index in [0.29, 0.717) is 5.56 Å². The quantitative estimate of drug-likeness (QED) is 0.541. The van der Waals surface area contributed by atoms with Crippen LogP contribution in [-0.4, -0.2) is 37.2 Å². The standard InChI is InChI=1S/C17H15ClF2N2O5/c1-25-13-7-10(4-5-12(13)27-17(19)20)8-22-14(23)9-26-16(24)11-3-2-6-21-15(11)18/h2-7,17H,8-9H2,1H3,(H,22,23). The number of aromatic nitrogens is 1. The zero-order chi connectivity index (χ0) is 19.8. The van der Waals surface area contributed by atoms with Gasteiger partial charge in [-0.05, 0) is 29.8 Å². The maximum absolute atomic E-state index is 12.3. The van der Waals surface area contributed by atoms with Crippen LogP contribution in [-0.2, 0) is 16.1 Å². The Hall–Kier alpha value is -2.94. The van der Waals surface area contributed by atoms with Gasteiger partial charge < -0.3 is 19.5 Å². The Morgan fingerprint density at radius 1 is 1.26 bits per heavy atom. The summed E-state index contributed by atoms with van der Waals surface area (Å²) in [6.45, 7) is -3.43. The van der Waals surface area contributed by atoms with Crippen LogP contribution in [0.15, 0.2) is 36.5 Å². The monoisotopic (exact) mass is 400 g/mol. The molecule has 0 aliphatic heterocycles. The predicted molar refractivity (Wildman–Crippen MR) is 91.0 cm³/mol. The topological polar surface area (TPSA) is 86.8 Å². The van der Waals surface area contributed by atoms with Crippen LogP contribution in [0.2, 0.25) is 5.15 Å². The molecular weight excluding hydrogens is 386 g/mol. The average Bonchev–Trinajstić information content (AvgIpc) is 2.65. The molecule has 2 rings (SSSR count). The average molecular weight is 401 g/mol. The minimum absolute atomic E-state index is 0.0268. The fourth-order valence-corrected chi connectivity index (χ4v) is 2.21. The van der Waals surface area contributed by atoms with Crippen molar-refractivity contribution in [2.75, 3.05) is 13.7 Å². The second-order valence-electron chi connectivity index (χ2n) is 5.06. The molecule has 0 aliphatic carbocycles. The summed E-state index contributed by atoms with van der Waals surface area (Å²) in [5, 5.41) is 2.50. The number of carbonyl (C=O) groups is 2. The number of hydrogen-bond donors (Lipinski definition) is 1. The Kier molecular flexibility index (Phi) is 7.30. The number of amides is 1. The van der Waals surface area contributed by atoms with Crippen LogP contribution in [0.5, 0.6) is 11.5 Å². The van der Waals surface area contributed by atoms with Crippen molar-refractivity contribution in [1.29, 1.82) is 0 Å². The lowest BCUT2D eigenvalue weighted by Gasteiger charge is -2.12. The van der Waals surface area contributed by atoms with Crippen LogP contribution in [0.4, 0.5) is 8.78 Å². The van der Waals surface area contributed by atoms with Crippen LogP contribution >= 0.6 is 11.6 Å². The van der Waals surface area contributed by atoms with Gasteiger partial charge in [-0.1, -0.05) is 17.7 Å². The van der Waals surface area contributed by atoms with Gasteiger partial charge in [0, 0.05) is 12.7 Å². The molecule has 1 N–H and O–H groups in total. The largest absolute Gasteiger partial charge is 0.493 e. The molecule has 2 aromatic rings. The molecule has 0 saturated heterocycles. The van der Waals surface area contributed by atoms with E-state index in [1.54, 1.807) is 0 Å². The Morgan fingerprint density at radius 3 is 2.70 bits per heavy atom. The number of esters is 1. The number of pyridine rings is 1. The Morgan fingerprint density at radius 2 is 2.04 bits per heavy atom. The highest BCUT2D eigenvalue weighted by molar-refractivity contribution is 6.32. The zero-order valence-electron chi connectivity index (χ0n) is 14.1. The van der Waals surface area contributed by atoms with Gasteiger partial charge in [-0.2, -0.15) is 8.78 Å². The molecule has 7 nitrogen and oxygen atoms in total. The molecule has 1 amide bonds. The maximum Gasteiger partial charge on any atom is 0.387 e. The lowest BCUT2D eigenvalue weighted by Crippen LogP contribution is -2.28. The first-order chi connectivity index (χ1) is 12.9. The number of methoxy groups -OCH3 is 1. The van der Waals surface area contributed by atoms with E-state index < -0.39 is 25.1 Å². The van der Waals surface area contributed by atoms with E-state index in [2.05, 4.69) is 15.0 Å². The van der Waals surface area contributed by atoms with Gasteiger partial charge in [-0.3, -0.25) is 4.79 Å². The molecule has 1 heterocycles. The van der Waals surface area contributed by atoms with Gasteiger partial charge in [0.1, 0.15) is 5.15 Å². The molecule has 0 radical (unpaired) electrons. The first-order valence-electron chi connectivity index (χ1n) is 7.56. The number of hydrogen-bond acceptors (Lipinski definition) is 6. The van der Waals surface area contributed by atoms with Crippen LogP contribution in [0, 0.1) is 0 Å². The zero-order valence-corrected chi connectivity index (χ0v) is 14.8. The smallest absolute Gasteiger partial charge is 0.387 e. The highest BCUT2D eigenvalue weighted by atomic mass is 35.5. The molecule has 0 fully saturated rings. The number of halogens is 3. The minimum atomic E-state index is -2.98. The SMILES string of the molecule is COc1cc(CNC(=O)COC(=O)c2cccnc2Cl)ccc1OC(F)F. The highest BCUT2D eigenvalue weighted by Crippen LogP contribution is 2.29. The molecule has 0 bridgehead atoms. The van der Waals surface area contributed by atoms with Gasteiger partial charge in [0.25, 0.3) is 5.91 Å². The lowest BCUT2D eigenvalue weighted by atomic mass is 10.2. The molecule has 0 spiro atoms. The molecule has 0 unspecified atom stereocenters. The third-order valence-electron chi connectivity index (χ3n) is 3.25. The number of rotatable bonds is 8. The molecule has 0 saturated carbocycles. The maximum atomic E-state index is 12.3. The second-order valence-corrected chi connectivity index (χ2v) is 5.42. The summed E-state index contributed by atoms with van der Waals surface area (Å²) >= 11 is 5.77. The third-order valence-corrected chi connectivity index (χ3v) is 3.55. The first-order valence-corrected chi connectivity index (χ1v) is 7.94. The Balaban J connectivity index is 1.86. The van der Waals surface area contributed by atoms with Gasteiger partial charge in [0.15, 0.2) is 18.1 Å². The van der Waals surface area contributed by atoms with Crippen molar-refractivity contribution in [3.05, 3.63) is 52.8 Å². The molecular formula is C17H15ClF2N2O5. The van der Waals surface area contributed by atoms with E-state index >= 15 is 0 Å².